The van der Waals surface area contributed by atoms with E-state index in [0.717, 1.165) is 5.56 Å². The Morgan fingerprint density at radius 1 is 1.67 bits per heavy atom. The predicted octanol–water partition coefficient (Wildman–Crippen LogP) is 0.628. The molecule has 0 amide bonds. The van der Waals surface area contributed by atoms with Gasteiger partial charge in [-0.25, -0.2) is 0 Å². The molecule has 1 heterocycles. The summed E-state index contributed by atoms with van der Waals surface area (Å²) < 4.78 is 1.50. The highest BCUT2D eigenvalue weighted by Gasteiger charge is 2.14. The molecule has 0 aliphatic heterocycles. The second-order valence-corrected chi connectivity index (χ2v) is 3.75. The summed E-state index contributed by atoms with van der Waals surface area (Å²) >= 11 is 0. The normalized spacial score (nSPS) is 12.2. The number of nitrogens with zero attached hydrogens (tertiary/aromatic N) is 2. The molecule has 1 rings (SSSR count). The fourth-order valence-electron chi connectivity index (χ4n) is 1.57. The van der Waals surface area contributed by atoms with E-state index in [4.69, 9.17) is 11.0 Å². The van der Waals surface area contributed by atoms with Crippen LogP contribution in [0.3, 0.4) is 0 Å². The van der Waals surface area contributed by atoms with Crippen LogP contribution < -0.4 is 11.3 Å². The second kappa shape index (κ2) is 4.28. The van der Waals surface area contributed by atoms with Crippen molar-refractivity contribution in [2.45, 2.75) is 19.8 Å². The van der Waals surface area contributed by atoms with Crippen molar-refractivity contribution in [1.82, 2.24) is 4.57 Å². The first-order valence-electron chi connectivity index (χ1n) is 4.83. The van der Waals surface area contributed by atoms with Gasteiger partial charge in [-0.05, 0) is 24.9 Å². The molecule has 1 unspecified atom stereocenters. The Morgan fingerprint density at radius 3 is 2.73 bits per heavy atom. The molecule has 15 heavy (non-hydrogen) atoms. The molecule has 80 valence electrons. The van der Waals surface area contributed by atoms with Crippen LogP contribution in [0, 0.1) is 18.3 Å². The molecule has 0 spiro atoms. The molecule has 2 N–H and O–H groups in total. The zero-order chi connectivity index (χ0) is 11.6. The number of hydrogen-bond donors (Lipinski definition) is 1. The Bertz CT molecular complexity index is 468. The topological polar surface area (TPSA) is 71.8 Å². The number of nitrogens with two attached hydrogens (primary N) is 1. The van der Waals surface area contributed by atoms with Gasteiger partial charge in [0.05, 0.1) is 11.6 Å². The molecule has 0 fully saturated rings. The fraction of sp³-hybridized carbons (Fsp3) is 0.455. The van der Waals surface area contributed by atoms with Crippen molar-refractivity contribution >= 4 is 0 Å². The van der Waals surface area contributed by atoms with Crippen LogP contribution in [0.1, 0.15) is 29.5 Å². The minimum Gasteiger partial charge on any atom is -0.330 e. The quantitative estimate of drug-likeness (QED) is 0.769. The molecule has 1 aromatic rings. The largest absolute Gasteiger partial charge is 0.330 e. The molecule has 0 aromatic carbocycles. The van der Waals surface area contributed by atoms with Gasteiger partial charge in [0.25, 0.3) is 5.56 Å². The monoisotopic (exact) mass is 205 g/mol. The van der Waals surface area contributed by atoms with Gasteiger partial charge in [0.15, 0.2) is 0 Å². The summed E-state index contributed by atoms with van der Waals surface area (Å²) in [5, 5.41) is 9.02. The first-order chi connectivity index (χ1) is 7.02. The van der Waals surface area contributed by atoms with Crippen LogP contribution in [-0.4, -0.2) is 11.1 Å². The lowest BCUT2D eigenvalue weighted by atomic mass is 9.95. The smallest absolute Gasteiger partial charge is 0.254 e. The van der Waals surface area contributed by atoms with Crippen LogP contribution in [0.2, 0.25) is 0 Å². The van der Waals surface area contributed by atoms with Gasteiger partial charge < -0.3 is 10.3 Å². The van der Waals surface area contributed by atoms with Gasteiger partial charge >= 0.3 is 0 Å². The average molecular weight is 205 g/mol. The molecule has 0 saturated carbocycles. The van der Waals surface area contributed by atoms with Crippen molar-refractivity contribution < 1.29 is 0 Å². The molecule has 0 aliphatic carbocycles. The Morgan fingerprint density at radius 2 is 2.27 bits per heavy atom. The number of aromatic nitrogens is 1. The minimum atomic E-state index is -0.125. The second-order valence-electron chi connectivity index (χ2n) is 3.75. The Hall–Kier alpha value is -1.60. The van der Waals surface area contributed by atoms with Gasteiger partial charge in [0, 0.05) is 18.8 Å². The molecule has 0 radical (unpaired) electrons. The zero-order valence-electron chi connectivity index (χ0n) is 9.24. The number of hydrogen-bond acceptors (Lipinski definition) is 3. The highest BCUT2D eigenvalue weighted by atomic mass is 16.1. The lowest BCUT2D eigenvalue weighted by Crippen LogP contribution is -2.23. The van der Waals surface area contributed by atoms with Gasteiger partial charge in [0.2, 0.25) is 0 Å². The van der Waals surface area contributed by atoms with Crippen LogP contribution in [0.25, 0.3) is 0 Å². The summed E-state index contributed by atoms with van der Waals surface area (Å²) in [7, 11) is 1.68. The number of pyridine rings is 1. The maximum absolute atomic E-state index is 11.6. The predicted molar refractivity (Wildman–Crippen MR) is 58.6 cm³/mol. The molecular formula is C11H15N3O. The van der Waals surface area contributed by atoms with E-state index in [1.165, 1.54) is 4.57 Å². The first-order valence-corrected chi connectivity index (χ1v) is 4.83. The van der Waals surface area contributed by atoms with Gasteiger partial charge in [0.1, 0.15) is 0 Å². The molecule has 0 bridgehead atoms. The lowest BCUT2D eigenvalue weighted by molar-refractivity contribution is 0.736. The Balaban J connectivity index is 3.54. The third-order valence-electron chi connectivity index (χ3n) is 2.63. The maximum Gasteiger partial charge on any atom is 0.254 e. The molecule has 1 aromatic heterocycles. The van der Waals surface area contributed by atoms with Crippen LogP contribution in [0.15, 0.2) is 11.0 Å². The van der Waals surface area contributed by atoms with E-state index in [1.54, 1.807) is 20.2 Å². The van der Waals surface area contributed by atoms with Gasteiger partial charge in [-0.1, -0.05) is 6.92 Å². The summed E-state index contributed by atoms with van der Waals surface area (Å²) in [5.74, 6) is 0.0881. The first kappa shape index (κ1) is 11.5. The van der Waals surface area contributed by atoms with E-state index in [1.807, 2.05) is 6.92 Å². The Kier molecular flexibility index (Phi) is 3.28. The molecule has 0 saturated heterocycles. The fourth-order valence-corrected chi connectivity index (χ4v) is 1.57. The van der Waals surface area contributed by atoms with Crippen molar-refractivity contribution in [2.75, 3.05) is 6.54 Å². The minimum absolute atomic E-state index is 0.0881. The lowest BCUT2D eigenvalue weighted by Gasteiger charge is -2.14. The third-order valence-corrected chi connectivity index (χ3v) is 2.63. The zero-order valence-corrected chi connectivity index (χ0v) is 9.24. The van der Waals surface area contributed by atoms with E-state index in [0.29, 0.717) is 17.7 Å². The van der Waals surface area contributed by atoms with E-state index >= 15 is 0 Å². The molecular weight excluding hydrogens is 190 g/mol. The summed E-state index contributed by atoms with van der Waals surface area (Å²) in [5.41, 5.74) is 7.26. The highest BCUT2D eigenvalue weighted by molar-refractivity contribution is 5.43. The van der Waals surface area contributed by atoms with E-state index in [2.05, 4.69) is 6.07 Å². The van der Waals surface area contributed by atoms with Gasteiger partial charge in [-0.3, -0.25) is 4.79 Å². The van der Waals surface area contributed by atoms with E-state index in [9.17, 15) is 4.79 Å². The van der Waals surface area contributed by atoms with Crippen molar-refractivity contribution in [1.29, 1.82) is 5.26 Å². The standard InChI is InChI=1S/C11H15N3O/c1-7(4-12)10-6-14(3)11(15)8(2)9(10)5-13/h6-7H,4,12H2,1-3H3. The van der Waals surface area contributed by atoms with Crippen molar-refractivity contribution in [3.05, 3.63) is 33.2 Å². The van der Waals surface area contributed by atoms with E-state index in [-0.39, 0.29) is 11.5 Å². The van der Waals surface area contributed by atoms with Crippen LogP contribution in [0.5, 0.6) is 0 Å². The summed E-state index contributed by atoms with van der Waals surface area (Å²) in [4.78, 5) is 11.6. The van der Waals surface area contributed by atoms with Crippen molar-refractivity contribution in [3.8, 4) is 6.07 Å². The molecule has 4 heteroatoms. The highest BCUT2D eigenvalue weighted by Crippen LogP contribution is 2.18. The van der Waals surface area contributed by atoms with Crippen LogP contribution in [-0.2, 0) is 7.05 Å². The number of nitriles is 1. The van der Waals surface area contributed by atoms with Gasteiger partial charge in [-0.15, -0.1) is 0 Å². The SMILES string of the molecule is Cc1c(C#N)c(C(C)CN)cn(C)c1=O. The summed E-state index contributed by atoms with van der Waals surface area (Å²) in [6.45, 7) is 4.08. The molecule has 0 aliphatic rings. The molecule has 1 atom stereocenters. The number of aryl methyl sites for hydroxylation is 1. The van der Waals surface area contributed by atoms with Crippen LogP contribution in [0.4, 0.5) is 0 Å². The number of rotatable bonds is 2. The summed E-state index contributed by atoms with van der Waals surface area (Å²) in [6, 6.07) is 2.08. The average Bonchev–Trinajstić information content (AvgIpc) is 2.24. The third kappa shape index (κ3) is 1.92. The summed E-state index contributed by atoms with van der Waals surface area (Å²) in [6.07, 6.45) is 1.70. The molecule has 4 nitrogen and oxygen atoms in total. The van der Waals surface area contributed by atoms with Crippen molar-refractivity contribution in [2.24, 2.45) is 12.8 Å². The van der Waals surface area contributed by atoms with Crippen molar-refractivity contribution in [3.63, 3.8) is 0 Å². The maximum atomic E-state index is 11.6. The van der Waals surface area contributed by atoms with E-state index < -0.39 is 0 Å². The Labute approximate surface area is 88.9 Å². The van der Waals surface area contributed by atoms with Crippen LogP contribution >= 0.6 is 0 Å². The van der Waals surface area contributed by atoms with Gasteiger partial charge in [-0.2, -0.15) is 5.26 Å².